The molecule has 0 unspecified atom stereocenters. The molecule has 1 heterocycles. The molecule has 4 heteroatoms. The van der Waals surface area contributed by atoms with E-state index in [1.807, 2.05) is 24.3 Å². The maximum atomic E-state index is 5.75. The van der Waals surface area contributed by atoms with Crippen LogP contribution in [0, 0.1) is 0 Å². The molecule has 80 valence electrons. The lowest BCUT2D eigenvalue weighted by atomic mass is 10.2. The summed E-state index contributed by atoms with van der Waals surface area (Å²) in [6.45, 7) is 0. The second kappa shape index (κ2) is 3.35. The second-order valence-electron chi connectivity index (χ2n) is 3.51. The van der Waals surface area contributed by atoms with Gasteiger partial charge in [-0.2, -0.15) is 0 Å². The van der Waals surface area contributed by atoms with Crippen LogP contribution in [0.1, 0.15) is 0 Å². The molecule has 0 radical (unpaired) electrons. The summed E-state index contributed by atoms with van der Waals surface area (Å²) in [7, 11) is 0. The van der Waals surface area contributed by atoms with Crippen molar-refractivity contribution < 1.29 is 9.47 Å². The number of benzene rings is 2. The van der Waals surface area contributed by atoms with Gasteiger partial charge in [-0.3, -0.25) is 0 Å². The lowest BCUT2D eigenvalue weighted by molar-refractivity contribution is 0.359. The molecule has 3 rings (SSSR count). The first-order valence-electron chi connectivity index (χ1n) is 4.81. The van der Waals surface area contributed by atoms with Crippen molar-refractivity contribution in [1.82, 2.24) is 0 Å². The fraction of sp³-hybridized carbons (Fsp3) is 0. The van der Waals surface area contributed by atoms with Gasteiger partial charge in [0, 0.05) is 22.7 Å². The van der Waals surface area contributed by atoms with Gasteiger partial charge in [0.2, 0.25) is 0 Å². The van der Waals surface area contributed by atoms with Gasteiger partial charge in [0.05, 0.1) is 0 Å². The van der Waals surface area contributed by atoms with Crippen LogP contribution in [-0.4, -0.2) is 0 Å². The fourth-order valence-electron chi connectivity index (χ4n) is 1.58. The van der Waals surface area contributed by atoms with E-state index in [0.29, 0.717) is 33.6 Å². The Hall–Kier alpha value is -1.81. The molecule has 1 aliphatic rings. The molecule has 2 N–H and O–H groups in total. The van der Waals surface area contributed by atoms with Crippen LogP contribution in [0.5, 0.6) is 23.0 Å². The minimum absolute atomic E-state index is 0.574. The van der Waals surface area contributed by atoms with E-state index in [1.165, 1.54) is 0 Å². The van der Waals surface area contributed by atoms with Gasteiger partial charge in [-0.05, 0) is 12.1 Å². The summed E-state index contributed by atoms with van der Waals surface area (Å²) in [6.07, 6.45) is 0. The molecule has 0 amide bonds. The molecule has 3 nitrogen and oxygen atoms in total. The summed E-state index contributed by atoms with van der Waals surface area (Å²) >= 11 is 4.24. The van der Waals surface area contributed by atoms with Crippen molar-refractivity contribution in [2.24, 2.45) is 0 Å². The highest BCUT2D eigenvalue weighted by Gasteiger charge is 2.19. The summed E-state index contributed by atoms with van der Waals surface area (Å²) in [5, 5.41) is 0. The Morgan fingerprint density at radius 2 is 1.44 bits per heavy atom. The monoisotopic (exact) mass is 231 g/mol. The number of anilines is 1. The largest absolute Gasteiger partial charge is 0.449 e. The van der Waals surface area contributed by atoms with E-state index in [0.717, 1.165) is 0 Å². The molecule has 16 heavy (non-hydrogen) atoms. The average molecular weight is 231 g/mol. The van der Waals surface area contributed by atoms with Gasteiger partial charge in [0.15, 0.2) is 23.0 Å². The van der Waals surface area contributed by atoms with Gasteiger partial charge < -0.3 is 15.2 Å². The zero-order valence-electron chi connectivity index (χ0n) is 8.31. The highest BCUT2D eigenvalue weighted by Crippen LogP contribution is 2.46. The molecule has 0 fully saturated rings. The smallest absolute Gasteiger partial charge is 0.172 e. The second-order valence-corrected chi connectivity index (χ2v) is 3.99. The van der Waals surface area contributed by atoms with Gasteiger partial charge in [-0.1, -0.05) is 12.1 Å². The van der Waals surface area contributed by atoms with E-state index in [4.69, 9.17) is 15.2 Å². The van der Waals surface area contributed by atoms with Crippen molar-refractivity contribution in [2.45, 2.75) is 4.90 Å². The number of fused-ring (bicyclic) bond motifs is 2. The molecule has 0 aromatic heterocycles. The summed E-state index contributed by atoms with van der Waals surface area (Å²) in [4.78, 5) is 0.682. The van der Waals surface area contributed by atoms with Crippen LogP contribution in [0.3, 0.4) is 0 Å². The van der Waals surface area contributed by atoms with Crippen molar-refractivity contribution in [3.63, 3.8) is 0 Å². The summed E-state index contributed by atoms with van der Waals surface area (Å²) in [6, 6.07) is 11.0. The highest BCUT2D eigenvalue weighted by molar-refractivity contribution is 7.80. The van der Waals surface area contributed by atoms with Crippen molar-refractivity contribution in [3.05, 3.63) is 36.4 Å². The Bertz CT molecular complexity index is 519. The molecule has 0 saturated carbocycles. The van der Waals surface area contributed by atoms with Crippen LogP contribution in [0.2, 0.25) is 0 Å². The topological polar surface area (TPSA) is 44.5 Å². The van der Waals surface area contributed by atoms with Crippen molar-refractivity contribution in [2.75, 3.05) is 5.73 Å². The normalized spacial score (nSPS) is 12.1. The Morgan fingerprint density at radius 1 is 0.875 bits per heavy atom. The van der Waals surface area contributed by atoms with Gasteiger partial charge in [0.25, 0.3) is 0 Å². The summed E-state index contributed by atoms with van der Waals surface area (Å²) < 4.78 is 11.4. The minimum atomic E-state index is 0.574. The predicted octanol–water partition coefficient (Wildman–Crippen LogP) is 3.46. The first-order chi connectivity index (χ1) is 7.74. The molecule has 2 aromatic rings. The maximum absolute atomic E-state index is 5.75. The zero-order chi connectivity index (χ0) is 11.1. The molecule has 2 aromatic carbocycles. The third-order valence-electron chi connectivity index (χ3n) is 2.38. The maximum Gasteiger partial charge on any atom is 0.172 e. The van der Waals surface area contributed by atoms with Crippen molar-refractivity contribution >= 4 is 18.3 Å². The Balaban J connectivity index is 2.12. The van der Waals surface area contributed by atoms with E-state index in [9.17, 15) is 0 Å². The van der Waals surface area contributed by atoms with E-state index >= 15 is 0 Å². The molecule has 0 atom stereocenters. The average Bonchev–Trinajstić information content (AvgIpc) is 2.28. The van der Waals surface area contributed by atoms with E-state index in [-0.39, 0.29) is 0 Å². The fourth-order valence-corrected chi connectivity index (χ4v) is 1.76. The van der Waals surface area contributed by atoms with Crippen molar-refractivity contribution in [1.29, 1.82) is 0 Å². The number of nitrogens with two attached hydrogens (primary N) is 1. The lowest BCUT2D eigenvalue weighted by Crippen LogP contribution is -2.00. The predicted molar refractivity (Wildman–Crippen MR) is 64.7 cm³/mol. The number of thiol groups is 1. The summed E-state index contributed by atoms with van der Waals surface area (Å²) in [5.74, 6) is 2.65. The highest BCUT2D eigenvalue weighted by atomic mass is 32.1. The Morgan fingerprint density at radius 3 is 2.06 bits per heavy atom. The number of hydrogen-bond acceptors (Lipinski definition) is 4. The van der Waals surface area contributed by atoms with Crippen molar-refractivity contribution in [3.8, 4) is 23.0 Å². The van der Waals surface area contributed by atoms with Crippen LogP contribution >= 0.6 is 12.6 Å². The van der Waals surface area contributed by atoms with Gasteiger partial charge in [-0.15, -0.1) is 12.6 Å². The molecular formula is C12H9NO2S. The quantitative estimate of drug-likeness (QED) is 0.460. The summed E-state index contributed by atoms with van der Waals surface area (Å²) in [5.41, 5.74) is 6.33. The number of ether oxygens (including phenoxy) is 2. The number of para-hydroxylation sites is 2. The molecule has 0 spiro atoms. The number of hydrogen-bond donors (Lipinski definition) is 2. The SMILES string of the molecule is Nc1cc2c(cc1S)Oc1ccccc1O2. The van der Waals surface area contributed by atoms with Crippen LogP contribution in [0.15, 0.2) is 41.3 Å². The van der Waals surface area contributed by atoms with Crippen LogP contribution in [-0.2, 0) is 0 Å². The van der Waals surface area contributed by atoms with Crippen LogP contribution in [0.25, 0.3) is 0 Å². The van der Waals surface area contributed by atoms with E-state index in [2.05, 4.69) is 12.6 Å². The Kier molecular flexibility index (Phi) is 1.97. The van der Waals surface area contributed by atoms with Crippen LogP contribution < -0.4 is 15.2 Å². The lowest BCUT2D eigenvalue weighted by Gasteiger charge is -2.21. The molecule has 0 saturated heterocycles. The first kappa shape index (κ1) is 9.42. The van der Waals surface area contributed by atoms with E-state index < -0.39 is 0 Å². The molecule has 1 aliphatic heterocycles. The Labute approximate surface area is 98.2 Å². The van der Waals surface area contributed by atoms with Crippen LogP contribution in [0.4, 0.5) is 5.69 Å². The van der Waals surface area contributed by atoms with E-state index in [1.54, 1.807) is 12.1 Å². The zero-order valence-corrected chi connectivity index (χ0v) is 9.20. The first-order valence-corrected chi connectivity index (χ1v) is 5.26. The molecule has 0 bridgehead atoms. The third kappa shape index (κ3) is 1.39. The van der Waals surface area contributed by atoms with Gasteiger partial charge >= 0.3 is 0 Å². The standard InChI is InChI=1S/C12H9NO2S/c13-7-5-10-11(6-12(7)16)15-9-4-2-1-3-8(9)14-10/h1-6,16H,13H2. The molecule has 0 aliphatic carbocycles. The van der Waals surface area contributed by atoms with Gasteiger partial charge in [0.1, 0.15) is 0 Å². The third-order valence-corrected chi connectivity index (χ3v) is 2.77. The number of rotatable bonds is 0. The molecular weight excluding hydrogens is 222 g/mol. The van der Waals surface area contributed by atoms with Gasteiger partial charge in [-0.25, -0.2) is 0 Å². The number of nitrogen functional groups attached to an aromatic ring is 1. The minimum Gasteiger partial charge on any atom is -0.449 e.